The minimum atomic E-state index is -3.85. The van der Waals surface area contributed by atoms with Gasteiger partial charge in [-0.15, -0.1) is 0 Å². The van der Waals surface area contributed by atoms with Crippen molar-refractivity contribution in [2.75, 3.05) is 12.3 Å². The molecule has 21 heavy (non-hydrogen) atoms. The van der Waals surface area contributed by atoms with Crippen LogP contribution in [0.15, 0.2) is 21.6 Å². The van der Waals surface area contributed by atoms with Crippen LogP contribution in [0.25, 0.3) is 0 Å². The maximum Gasteiger partial charge on any atom is 0.244 e. The maximum absolute atomic E-state index is 12.2. The summed E-state index contributed by atoms with van der Waals surface area (Å²) < 4.78 is 31.6. The predicted molar refractivity (Wildman–Crippen MR) is 78.8 cm³/mol. The van der Waals surface area contributed by atoms with Crippen molar-refractivity contribution < 1.29 is 12.9 Å². The van der Waals surface area contributed by atoms with Crippen molar-refractivity contribution in [1.82, 2.24) is 14.9 Å². The number of hydrogen-bond donors (Lipinski definition) is 2. The lowest BCUT2D eigenvalue weighted by Gasteiger charge is -2.10. The van der Waals surface area contributed by atoms with Gasteiger partial charge in [0.2, 0.25) is 15.9 Å². The van der Waals surface area contributed by atoms with Crippen molar-refractivity contribution in [1.29, 1.82) is 0 Å². The smallest absolute Gasteiger partial charge is 0.244 e. The average molecular weight is 351 g/mol. The number of rotatable bonds is 5. The fraction of sp³-hybridized carbons (Fsp3) is 0.273. The quantitative estimate of drug-likeness (QED) is 0.795. The molecule has 0 aliphatic rings. The van der Waals surface area contributed by atoms with Crippen LogP contribution in [0.1, 0.15) is 11.7 Å². The molecule has 1 aromatic carbocycles. The van der Waals surface area contributed by atoms with E-state index in [-0.39, 0.29) is 33.6 Å². The summed E-state index contributed by atoms with van der Waals surface area (Å²) in [6, 6.07) is 2.64. The van der Waals surface area contributed by atoms with E-state index in [0.717, 1.165) is 0 Å². The molecule has 114 valence electrons. The summed E-state index contributed by atoms with van der Waals surface area (Å²) in [5.41, 5.74) is 5.65. The highest BCUT2D eigenvalue weighted by Gasteiger charge is 2.21. The molecule has 0 bridgehead atoms. The Labute approximate surface area is 131 Å². The second kappa shape index (κ2) is 6.18. The van der Waals surface area contributed by atoms with Crippen LogP contribution in [0.3, 0.4) is 0 Å². The Balaban J connectivity index is 2.12. The van der Waals surface area contributed by atoms with E-state index in [1.54, 1.807) is 6.92 Å². The number of anilines is 1. The van der Waals surface area contributed by atoms with E-state index in [4.69, 9.17) is 33.5 Å². The lowest BCUT2D eigenvalue weighted by molar-refractivity contribution is 0.387. The Kier molecular flexibility index (Phi) is 4.72. The third kappa shape index (κ3) is 3.85. The zero-order chi connectivity index (χ0) is 15.6. The number of nitrogen functional groups attached to an aromatic ring is 1. The van der Waals surface area contributed by atoms with Gasteiger partial charge in [0, 0.05) is 24.9 Å². The molecule has 0 spiro atoms. The molecule has 0 atom stereocenters. The summed E-state index contributed by atoms with van der Waals surface area (Å²) in [5.74, 6) is 0.822. The number of nitrogens with two attached hydrogens (primary N) is 1. The van der Waals surface area contributed by atoms with Crippen molar-refractivity contribution in [3.63, 3.8) is 0 Å². The number of benzene rings is 1. The Morgan fingerprint density at radius 3 is 2.67 bits per heavy atom. The number of aryl methyl sites for hydroxylation is 1. The number of nitrogens with zero attached hydrogens (tertiary/aromatic N) is 2. The van der Waals surface area contributed by atoms with E-state index < -0.39 is 10.0 Å². The molecular weight excluding hydrogens is 339 g/mol. The molecule has 2 aromatic rings. The fourth-order valence-electron chi connectivity index (χ4n) is 1.68. The minimum Gasteiger partial charge on any atom is -0.398 e. The van der Waals surface area contributed by atoms with Gasteiger partial charge in [-0.05, 0) is 12.1 Å². The zero-order valence-corrected chi connectivity index (χ0v) is 13.3. The van der Waals surface area contributed by atoms with Crippen LogP contribution in [-0.4, -0.2) is 25.1 Å². The number of sulfonamides is 1. The van der Waals surface area contributed by atoms with Gasteiger partial charge in [-0.3, -0.25) is 0 Å². The second-order valence-electron chi connectivity index (χ2n) is 4.18. The summed E-state index contributed by atoms with van der Waals surface area (Å²) in [6.45, 7) is 1.73. The monoisotopic (exact) mass is 350 g/mol. The standard InChI is InChI=1S/C11H12Cl2N4O3S/c1-6-16-10(17-20-6)2-3-15-21(18,19)11-8(13)4-7(12)5-9(11)14/h4-5,15H,2-3,14H2,1H3. The van der Waals surface area contributed by atoms with E-state index in [9.17, 15) is 8.42 Å². The molecule has 7 nitrogen and oxygen atoms in total. The van der Waals surface area contributed by atoms with E-state index in [1.807, 2.05) is 0 Å². The molecular formula is C11H12Cl2N4O3S. The zero-order valence-electron chi connectivity index (χ0n) is 10.9. The van der Waals surface area contributed by atoms with Crippen molar-refractivity contribution in [3.05, 3.63) is 33.9 Å². The predicted octanol–water partition coefficient (Wildman–Crippen LogP) is 1.79. The molecule has 0 saturated carbocycles. The Morgan fingerprint density at radius 1 is 1.38 bits per heavy atom. The molecule has 3 N–H and O–H groups in total. The van der Waals surface area contributed by atoms with Gasteiger partial charge in [-0.2, -0.15) is 4.98 Å². The van der Waals surface area contributed by atoms with Gasteiger partial charge >= 0.3 is 0 Å². The first-order chi connectivity index (χ1) is 9.79. The van der Waals surface area contributed by atoms with Gasteiger partial charge in [0.05, 0.1) is 10.7 Å². The first-order valence-corrected chi connectivity index (χ1v) is 8.07. The molecule has 0 aliphatic carbocycles. The van der Waals surface area contributed by atoms with Crippen LogP contribution in [0.2, 0.25) is 10.0 Å². The van der Waals surface area contributed by atoms with E-state index in [0.29, 0.717) is 11.7 Å². The normalized spacial score (nSPS) is 11.8. The number of halogens is 2. The summed E-state index contributed by atoms with van der Waals surface area (Å²) in [7, 11) is -3.85. The van der Waals surface area contributed by atoms with E-state index >= 15 is 0 Å². The van der Waals surface area contributed by atoms with E-state index in [1.165, 1.54) is 12.1 Å². The maximum atomic E-state index is 12.2. The average Bonchev–Trinajstić information content (AvgIpc) is 2.72. The number of nitrogens with one attached hydrogen (secondary N) is 1. The molecule has 0 saturated heterocycles. The van der Waals surface area contributed by atoms with Crippen molar-refractivity contribution in [3.8, 4) is 0 Å². The summed E-state index contributed by atoms with van der Waals surface area (Å²) in [5, 5.41) is 3.89. The molecule has 0 unspecified atom stereocenters. The van der Waals surface area contributed by atoms with Crippen LogP contribution in [0.4, 0.5) is 5.69 Å². The Hall–Kier alpha value is -1.35. The molecule has 0 radical (unpaired) electrons. The molecule has 0 fully saturated rings. The largest absolute Gasteiger partial charge is 0.398 e. The van der Waals surface area contributed by atoms with Crippen molar-refractivity contribution in [2.45, 2.75) is 18.2 Å². The van der Waals surface area contributed by atoms with Crippen LogP contribution in [0, 0.1) is 6.92 Å². The Morgan fingerprint density at radius 2 is 2.10 bits per heavy atom. The first-order valence-electron chi connectivity index (χ1n) is 5.83. The van der Waals surface area contributed by atoms with Gasteiger partial charge in [-0.25, -0.2) is 13.1 Å². The minimum absolute atomic E-state index is 0.0181. The van der Waals surface area contributed by atoms with Gasteiger partial charge in [-0.1, -0.05) is 28.4 Å². The Bertz CT molecular complexity index is 738. The molecule has 10 heteroatoms. The van der Waals surface area contributed by atoms with Crippen LogP contribution in [-0.2, 0) is 16.4 Å². The summed E-state index contributed by atoms with van der Waals surface area (Å²) in [4.78, 5) is 3.77. The molecule has 0 amide bonds. The highest BCUT2D eigenvalue weighted by Crippen LogP contribution is 2.30. The molecule has 0 aliphatic heterocycles. The van der Waals surface area contributed by atoms with Gasteiger partial charge in [0.1, 0.15) is 4.90 Å². The number of aromatic nitrogens is 2. The molecule has 1 heterocycles. The second-order valence-corrected chi connectivity index (χ2v) is 6.73. The molecule has 2 rings (SSSR count). The van der Waals surface area contributed by atoms with E-state index in [2.05, 4.69) is 14.9 Å². The first kappa shape index (κ1) is 16.0. The highest BCUT2D eigenvalue weighted by atomic mass is 35.5. The lowest BCUT2D eigenvalue weighted by atomic mass is 10.3. The third-order valence-electron chi connectivity index (χ3n) is 2.52. The van der Waals surface area contributed by atoms with Gasteiger partial charge in [0.15, 0.2) is 5.82 Å². The third-order valence-corrected chi connectivity index (χ3v) is 4.72. The summed E-state index contributed by atoms with van der Waals surface area (Å²) in [6.07, 6.45) is 0.279. The highest BCUT2D eigenvalue weighted by molar-refractivity contribution is 7.89. The topological polar surface area (TPSA) is 111 Å². The van der Waals surface area contributed by atoms with Gasteiger partial charge in [0.25, 0.3) is 0 Å². The fourth-order valence-corrected chi connectivity index (χ4v) is 3.69. The van der Waals surface area contributed by atoms with Crippen LogP contribution in [0.5, 0.6) is 0 Å². The van der Waals surface area contributed by atoms with Crippen molar-refractivity contribution in [2.24, 2.45) is 0 Å². The van der Waals surface area contributed by atoms with Crippen LogP contribution >= 0.6 is 23.2 Å². The number of hydrogen-bond acceptors (Lipinski definition) is 6. The van der Waals surface area contributed by atoms with Crippen LogP contribution < -0.4 is 10.5 Å². The molecule has 1 aromatic heterocycles. The lowest BCUT2D eigenvalue weighted by Crippen LogP contribution is -2.27. The summed E-state index contributed by atoms with van der Waals surface area (Å²) >= 11 is 11.6. The van der Waals surface area contributed by atoms with Crippen molar-refractivity contribution >= 4 is 38.9 Å². The van der Waals surface area contributed by atoms with Gasteiger partial charge < -0.3 is 10.3 Å². The SMILES string of the molecule is Cc1nc(CCNS(=O)(=O)c2c(N)cc(Cl)cc2Cl)no1.